The highest BCUT2D eigenvalue weighted by atomic mass is 32.1. The monoisotopic (exact) mass is 400 g/mol. The zero-order chi connectivity index (χ0) is 19.9. The molecule has 0 radical (unpaired) electrons. The Labute approximate surface area is 166 Å². The largest absolute Gasteiger partial charge is 0.353 e. The van der Waals surface area contributed by atoms with E-state index in [0.29, 0.717) is 28.0 Å². The second-order valence-corrected chi connectivity index (χ2v) is 7.21. The van der Waals surface area contributed by atoms with Gasteiger partial charge in [-0.2, -0.15) is 0 Å². The molecule has 0 saturated carbocycles. The van der Waals surface area contributed by atoms with Crippen molar-refractivity contribution in [3.8, 4) is 11.4 Å². The Morgan fingerprint density at radius 2 is 2.00 bits per heavy atom. The van der Waals surface area contributed by atoms with Gasteiger partial charge >= 0.3 is 0 Å². The molecule has 0 fully saturated rings. The van der Waals surface area contributed by atoms with Crippen LogP contribution in [0.1, 0.15) is 5.56 Å². The summed E-state index contributed by atoms with van der Waals surface area (Å²) in [5, 5.41) is 8.12. The maximum Gasteiger partial charge on any atom is 0.230 e. The highest BCUT2D eigenvalue weighted by Crippen LogP contribution is 2.24. The lowest BCUT2D eigenvalue weighted by molar-refractivity contribution is -0.115. The number of benzene rings is 1. The Kier molecular flexibility index (Phi) is 6.62. The molecule has 2 N–H and O–H groups in total. The molecule has 0 aliphatic heterocycles. The predicted molar refractivity (Wildman–Crippen MR) is 109 cm³/mol. The van der Waals surface area contributed by atoms with Gasteiger partial charge in [-0.25, -0.2) is 19.3 Å². The second-order valence-electron chi connectivity index (χ2n) is 6.35. The quantitative estimate of drug-likeness (QED) is 0.605. The summed E-state index contributed by atoms with van der Waals surface area (Å²) < 4.78 is 13.7. The summed E-state index contributed by atoms with van der Waals surface area (Å²) in [5.74, 6) is -0.190. The van der Waals surface area contributed by atoms with Gasteiger partial charge in [-0.3, -0.25) is 4.79 Å². The number of aromatic nitrogens is 3. The lowest BCUT2D eigenvalue weighted by Crippen LogP contribution is -2.21. The van der Waals surface area contributed by atoms with Gasteiger partial charge in [0.05, 0.1) is 12.1 Å². The Morgan fingerprint density at radius 1 is 1.18 bits per heavy atom. The summed E-state index contributed by atoms with van der Waals surface area (Å²) in [4.78, 5) is 27.3. The van der Waals surface area contributed by atoms with Crippen LogP contribution in [0.25, 0.3) is 11.4 Å². The van der Waals surface area contributed by atoms with Crippen molar-refractivity contribution in [1.29, 1.82) is 0 Å². The van der Waals surface area contributed by atoms with Crippen molar-refractivity contribution in [2.75, 3.05) is 37.8 Å². The average Bonchev–Trinajstić information content (AvgIpc) is 3.12. The Morgan fingerprint density at radius 3 is 2.79 bits per heavy atom. The van der Waals surface area contributed by atoms with Gasteiger partial charge in [0.25, 0.3) is 0 Å². The molecule has 1 amide bonds. The number of carbonyl (C=O) groups excluding carboxylic acids is 1. The zero-order valence-electron chi connectivity index (χ0n) is 15.6. The number of carbonyl (C=O) groups is 1. The van der Waals surface area contributed by atoms with Crippen LogP contribution >= 0.6 is 11.3 Å². The first-order chi connectivity index (χ1) is 13.5. The maximum absolute atomic E-state index is 13.7. The van der Waals surface area contributed by atoms with Crippen LogP contribution < -0.4 is 10.6 Å². The molecule has 0 aliphatic carbocycles. The molecule has 1 aromatic carbocycles. The van der Waals surface area contributed by atoms with Gasteiger partial charge in [0.1, 0.15) is 11.5 Å². The number of nitrogens with zero attached hydrogens (tertiary/aromatic N) is 4. The van der Waals surface area contributed by atoms with Gasteiger partial charge in [0.15, 0.2) is 5.13 Å². The predicted octanol–water partition coefficient (Wildman–Crippen LogP) is 2.89. The SMILES string of the molecule is CN(C)CCNc1nccc(-c2csc(NC(=O)Cc3ccccc3F)n2)n1. The number of rotatable bonds is 8. The van der Waals surface area contributed by atoms with Crippen LogP contribution in [0.15, 0.2) is 41.9 Å². The highest BCUT2D eigenvalue weighted by molar-refractivity contribution is 7.14. The van der Waals surface area contributed by atoms with E-state index in [1.165, 1.54) is 17.4 Å². The van der Waals surface area contributed by atoms with Crippen LogP contribution in [0.3, 0.4) is 0 Å². The number of thiazole rings is 1. The normalized spacial score (nSPS) is 10.9. The Balaban J connectivity index is 1.62. The van der Waals surface area contributed by atoms with E-state index in [4.69, 9.17) is 0 Å². The van der Waals surface area contributed by atoms with Gasteiger partial charge < -0.3 is 15.5 Å². The van der Waals surface area contributed by atoms with Crippen molar-refractivity contribution in [1.82, 2.24) is 19.9 Å². The van der Waals surface area contributed by atoms with E-state index in [1.807, 2.05) is 19.5 Å². The van der Waals surface area contributed by atoms with Gasteiger partial charge in [-0.1, -0.05) is 18.2 Å². The Bertz CT molecular complexity index is 945. The van der Waals surface area contributed by atoms with E-state index in [2.05, 4.69) is 30.5 Å². The molecule has 0 spiro atoms. The fourth-order valence-electron chi connectivity index (χ4n) is 2.40. The molecule has 3 rings (SSSR count). The molecule has 7 nitrogen and oxygen atoms in total. The van der Waals surface area contributed by atoms with Gasteiger partial charge in [-0.15, -0.1) is 11.3 Å². The minimum Gasteiger partial charge on any atom is -0.353 e. The smallest absolute Gasteiger partial charge is 0.230 e. The first kappa shape index (κ1) is 19.8. The minimum atomic E-state index is -0.396. The molecule has 0 unspecified atom stereocenters. The third-order valence-electron chi connectivity index (χ3n) is 3.82. The molecule has 0 saturated heterocycles. The lowest BCUT2D eigenvalue weighted by atomic mass is 10.1. The number of likely N-dealkylation sites (N-methyl/N-ethyl adjacent to an activating group) is 1. The fraction of sp³-hybridized carbons (Fsp3) is 0.263. The summed E-state index contributed by atoms with van der Waals surface area (Å²) >= 11 is 1.29. The molecule has 146 valence electrons. The summed E-state index contributed by atoms with van der Waals surface area (Å²) in [7, 11) is 3.99. The van der Waals surface area contributed by atoms with Gasteiger partial charge in [0.2, 0.25) is 11.9 Å². The standard InChI is InChI=1S/C19H21FN6OS/c1-26(2)10-9-22-18-21-8-7-15(23-18)16-12-28-19(24-16)25-17(27)11-13-5-3-4-6-14(13)20/h3-8,12H,9-11H2,1-2H3,(H,21,22,23)(H,24,25,27). The second kappa shape index (κ2) is 9.34. The number of nitrogens with one attached hydrogen (secondary N) is 2. The van der Waals surface area contributed by atoms with Crippen LogP contribution in [0.2, 0.25) is 0 Å². The number of amides is 1. The molecule has 0 bridgehead atoms. The topological polar surface area (TPSA) is 83.0 Å². The van der Waals surface area contributed by atoms with Crippen molar-refractivity contribution >= 4 is 28.3 Å². The van der Waals surface area contributed by atoms with Crippen LogP contribution in [0.5, 0.6) is 0 Å². The Hall–Kier alpha value is -2.91. The molecule has 0 atom stereocenters. The molecule has 2 heterocycles. The molecule has 28 heavy (non-hydrogen) atoms. The highest BCUT2D eigenvalue weighted by Gasteiger charge is 2.12. The average molecular weight is 400 g/mol. The third kappa shape index (κ3) is 5.54. The van der Waals surface area contributed by atoms with Crippen LogP contribution in [0.4, 0.5) is 15.5 Å². The fourth-order valence-corrected chi connectivity index (χ4v) is 3.13. The molecule has 9 heteroatoms. The van der Waals surface area contributed by atoms with Crippen molar-refractivity contribution in [2.45, 2.75) is 6.42 Å². The van der Waals surface area contributed by atoms with E-state index in [9.17, 15) is 9.18 Å². The van der Waals surface area contributed by atoms with Crippen LogP contribution in [0, 0.1) is 5.82 Å². The molecular formula is C19H21FN6OS. The van der Waals surface area contributed by atoms with E-state index in [1.54, 1.807) is 30.5 Å². The maximum atomic E-state index is 13.7. The van der Waals surface area contributed by atoms with E-state index in [-0.39, 0.29) is 12.3 Å². The minimum absolute atomic E-state index is 0.0466. The van der Waals surface area contributed by atoms with Crippen molar-refractivity contribution in [3.05, 3.63) is 53.3 Å². The molecule has 2 aromatic heterocycles. The number of hydrogen-bond acceptors (Lipinski definition) is 7. The number of anilines is 2. The summed E-state index contributed by atoms with van der Waals surface area (Å²) in [5.41, 5.74) is 1.65. The summed E-state index contributed by atoms with van der Waals surface area (Å²) in [6, 6.07) is 7.98. The first-order valence-electron chi connectivity index (χ1n) is 8.72. The van der Waals surface area contributed by atoms with Crippen molar-refractivity contribution in [3.63, 3.8) is 0 Å². The first-order valence-corrected chi connectivity index (χ1v) is 9.60. The van der Waals surface area contributed by atoms with E-state index < -0.39 is 5.82 Å². The summed E-state index contributed by atoms with van der Waals surface area (Å²) in [6.07, 6.45) is 1.62. The summed E-state index contributed by atoms with van der Waals surface area (Å²) in [6.45, 7) is 1.59. The van der Waals surface area contributed by atoms with Crippen molar-refractivity contribution in [2.24, 2.45) is 0 Å². The number of halogens is 1. The van der Waals surface area contributed by atoms with Gasteiger partial charge in [0, 0.05) is 24.7 Å². The van der Waals surface area contributed by atoms with E-state index >= 15 is 0 Å². The van der Waals surface area contributed by atoms with Gasteiger partial charge in [-0.05, 0) is 31.8 Å². The molecular weight excluding hydrogens is 379 g/mol. The molecule has 0 aliphatic rings. The molecule has 3 aromatic rings. The van der Waals surface area contributed by atoms with Crippen LogP contribution in [-0.2, 0) is 11.2 Å². The van der Waals surface area contributed by atoms with Crippen molar-refractivity contribution < 1.29 is 9.18 Å². The van der Waals surface area contributed by atoms with Crippen LogP contribution in [-0.4, -0.2) is 52.9 Å². The third-order valence-corrected chi connectivity index (χ3v) is 4.58. The number of hydrogen-bond donors (Lipinski definition) is 2. The van der Waals surface area contributed by atoms with E-state index in [0.717, 1.165) is 13.1 Å². The lowest BCUT2D eigenvalue weighted by Gasteiger charge is -2.10. The zero-order valence-corrected chi connectivity index (χ0v) is 16.5.